The zero-order valence-electron chi connectivity index (χ0n) is 14.1. The summed E-state index contributed by atoms with van der Waals surface area (Å²) in [6.45, 7) is 6.25. The van der Waals surface area contributed by atoms with E-state index in [4.69, 9.17) is 5.14 Å². The zero-order valence-corrected chi connectivity index (χ0v) is 14.9. The molecule has 9 heteroatoms. The summed E-state index contributed by atoms with van der Waals surface area (Å²) in [7, 11) is -4.14. The third kappa shape index (κ3) is 7.16. The van der Waals surface area contributed by atoms with Crippen LogP contribution in [-0.2, 0) is 15.0 Å². The van der Waals surface area contributed by atoms with E-state index in [9.17, 15) is 18.3 Å². The average Bonchev–Trinajstić information content (AvgIpc) is 2.49. The van der Waals surface area contributed by atoms with Crippen molar-refractivity contribution in [1.29, 1.82) is 0 Å². The van der Waals surface area contributed by atoms with Gasteiger partial charge in [-0.15, -0.1) is 0 Å². The maximum atomic E-state index is 11.4. The van der Waals surface area contributed by atoms with Crippen LogP contribution in [0.25, 0.3) is 5.57 Å². The van der Waals surface area contributed by atoms with E-state index in [1.807, 2.05) is 10.8 Å². The molecule has 24 heavy (non-hydrogen) atoms. The minimum atomic E-state index is -4.14. The summed E-state index contributed by atoms with van der Waals surface area (Å²) < 4.78 is 24.3. The lowest BCUT2D eigenvalue weighted by atomic mass is 9.85. The van der Waals surface area contributed by atoms with Gasteiger partial charge in [0, 0.05) is 18.8 Å². The van der Waals surface area contributed by atoms with Gasteiger partial charge in [-0.05, 0) is 17.4 Å². The predicted molar refractivity (Wildman–Crippen MR) is 91.0 cm³/mol. The Balaban J connectivity index is 3.13. The Morgan fingerprint density at radius 1 is 1.46 bits per heavy atom. The van der Waals surface area contributed by atoms with Crippen LogP contribution >= 0.6 is 0 Å². The molecule has 8 nitrogen and oxygen atoms in total. The molecule has 0 aliphatic heterocycles. The number of nitrogens with one attached hydrogen (secondary N) is 1. The number of rotatable bonds is 9. The number of carboxylic acids is 1. The Hall–Kier alpha value is -1.84. The van der Waals surface area contributed by atoms with Gasteiger partial charge < -0.3 is 5.11 Å². The van der Waals surface area contributed by atoms with Crippen molar-refractivity contribution < 1.29 is 18.3 Å². The minimum absolute atomic E-state index is 0.0273. The Morgan fingerprint density at radius 2 is 2.12 bits per heavy atom. The molecule has 0 spiro atoms. The number of aromatic nitrogens is 2. The molecule has 1 heterocycles. The van der Waals surface area contributed by atoms with Gasteiger partial charge in [0.25, 0.3) is 10.2 Å². The quantitative estimate of drug-likeness (QED) is 0.610. The fraction of sp³-hybridized carbons (Fsp3) is 0.533. The summed E-state index contributed by atoms with van der Waals surface area (Å²) >= 11 is 0. The van der Waals surface area contributed by atoms with Crippen LogP contribution < -0.4 is 9.86 Å². The zero-order chi connectivity index (χ0) is 18.4. The molecular formula is C15H24N4O4S. The van der Waals surface area contributed by atoms with Crippen molar-refractivity contribution in [3.8, 4) is 0 Å². The van der Waals surface area contributed by atoms with E-state index in [0.29, 0.717) is 17.7 Å². The van der Waals surface area contributed by atoms with Crippen molar-refractivity contribution >= 4 is 21.8 Å². The van der Waals surface area contributed by atoms with Crippen LogP contribution in [0.1, 0.15) is 45.7 Å². The second-order valence-electron chi connectivity index (χ2n) is 6.30. The van der Waals surface area contributed by atoms with Crippen LogP contribution in [0, 0.1) is 5.41 Å². The number of nitrogens with zero attached hydrogens (tertiary/aromatic N) is 2. The van der Waals surface area contributed by atoms with Gasteiger partial charge in [0.15, 0.2) is 0 Å². The number of allylic oxidation sites excluding steroid dienone is 1. The largest absolute Gasteiger partial charge is 0.480 e. The van der Waals surface area contributed by atoms with E-state index in [2.05, 4.69) is 30.7 Å². The molecule has 0 aliphatic carbocycles. The summed E-state index contributed by atoms with van der Waals surface area (Å²) in [4.78, 5) is 19.5. The monoisotopic (exact) mass is 356 g/mol. The maximum Gasteiger partial charge on any atom is 0.322 e. The summed E-state index contributed by atoms with van der Waals surface area (Å²) in [6, 6.07) is -1.38. The van der Waals surface area contributed by atoms with Crippen LogP contribution in [0.3, 0.4) is 0 Å². The fourth-order valence-corrected chi connectivity index (χ4v) is 2.48. The highest BCUT2D eigenvalue weighted by atomic mass is 32.2. The molecule has 134 valence electrons. The van der Waals surface area contributed by atoms with Crippen LogP contribution in [0.2, 0.25) is 0 Å². The standard InChI is InChI=1S/C15H24N4O4S/c1-4-15(2,3)6-5-11(13-10-17-7-8-18-13)9-12(14(20)21)19-24(16,22)23/h5,7-8,10,12,19H,4,6,9H2,1-3H3,(H,20,21)(H2,16,22,23). The number of hydrogen-bond donors (Lipinski definition) is 3. The van der Waals surface area contributed by atoms with Gasteiger partial charge >= 0.3 is 5.97 Å². The molecule has 0 aromatic carbocycles. The summed E-state index contributed by atoms with van der Waals surface area (Å²) in [6.07, 6.45) is 7.96. The van der Waals surface area contributed by atoms with Gasteiger partial charge in [0.05, 0.1) is 11.9 Å². The molecule has 1 rings (SSSR count). The summed E-state index contributed by atoms with van der Waals surface area (Å²) in [5.74, 6) is -1.31. The Bertz CT molecular complexity index is 687. The van der Waals surface area contributed by atoms with Crippen molar-refractivity contribution in [3.63, 3.8) is 0 Å². The first kappa shape index (κ1) is 20.2. The van der Waals surface area contributed by atoms with Gasteiger partial charge in [-0.1, -0.05) is 33.3 Å². The van der Waals surface area contributed by atoms with Gasteiger partial charge in [0.1, 0.15) is 6.04 Å². The van der Waals surface area contributed by atoms with E-state index in [1.54, 1.807) is 0 Å². The third-order valence-electron chi connectivity index (χ3n) is 3.78. The molecule has 1 aromatic heterocycles. The van der Waals surface area contributed by atoms with Crippen LogP contribution in [0.4, 0.5) is 0 Å². The minimum Gasteiger partial charge on any atom is -0.480 e. The van der Waals surface area contributed by atoms with E-state index in [-0.39, 0.29) is 11.8 Å². The number of carboxylic acid groups (broad SMARTS) is 1. The molecule has 0 saturated heterocycles. The first-order valence-electron chi connectivity index (χ1n) is 7.52. The average molecular weight is 356 g/mol. The number of aliphatic carboxylic acids is 1. The van der Waals surface area contributed by atoms with E-state index < -0.39 is 22.2 Å². The molecule has 0 fully saturated rings. The van der Waals surface area contributed by atoms with Crippen LogP contribution in [0.5, 0.6) is 0 Å². The third-order valence-corrected chi connectivity index (χ3v) is 4.39. The second-order valence-corrected chi connectivity index (χ2v) is 7.63. The normalized spacial score (nSPS) is 14.4. The van der Waals surface area contributed by atoms with E-state index in [0.717, 1.165) is 6.42 Å². The number of carbonyl (C=O) groups is 1. The number of nitrogens with two attached hydrogens (primary N) is 1. The highest BCUT2D eigenvalue weighted by Gasteiger charge is 2.24. The lowest BCUT2D eigenvalue weighted by molar-refractivity contribution is -0.138. The van der Waals surface area contributed by atoms with Crippen LogP contribution in [0.15, 0.2) is 24.7 Å². The SMILES string of the molecule is CCC(C)(C)CC=C(CC(NS(N)(=O)=O)C(=O)O)c1cnccn1. The van der Waals surface area contributed by atoms with Crippen molar-refractivity contribution in [2.75, 3.05) is 0 Å². The molecule has 4 N–H and O–H groups in total. The summed E-state index contributed by atoms with van der Waals surface area (Å²) in [5.41, 5.74) is 1.14. The molecule has 1 unspecified atom stereocenters. The Kier molecular flexibility index (Phi) is 7.00. The molecule has 0 amide bonds. The number of hydrogen-bond acceptors (Lipinski definition) is 5. The maximum absolute atomic E-state index is 11.4. The lowest BCUT2D eigenvalue weighted by Gasteiger charge is -2.22. The van der Waals surface area contributed by atoms with Gasteiger partial charge in [0.2, 0.25) is 0 Å². The van der Waals surface area contributed by atoms with Crippen LogP contribution in [-0.4, -0.2) is 35.5 Å². The topological polar surface area (TPSA) is 135 Å². The van der Waals surface area contributed by atoms with Gasteiger partial charge in [-0.25, -0.2) is 5.14 Å². The molecule has 1 atom stereocenters. The Labute approximate surface area is 142 Å². The smallest absolute Gasteiger partial charge is 0.322 e. The first-order valence-corrected chi connectivity index (χ1v) is 9.07. The summed E-state index contributed by atoms with van der Waals surface area (Å²) in [5, 5.41) is 14.2. The van der Waals surface area contributed by atoms with E-state index in [1.165, 1.54) is 18.6 Å². The van der Waals surface area contributed by atoms with Crippen molar-refractivity contribution in [2.45, 2.75) is 46.1 Å². The molecule has 0 saturated carbocycles. The molecule has 0 bridgehead atoms. The molecule has 1 aromatic rings. The predicted octanol–water partition coefficient (Wildman–Crippen LogP) is 1.32. The molecular weight excluding hydrogens is 332 g/mol. The molecule has 0 aliphatic rings. The van der Waals surface area contributed by atoms with Gasteiger partial charge in [-0.3, -0.25) is 14.8 Å². The van der Waals surface area contributed by atoms with Gasteiger partial charge in [-0.2, -0.15) is 13.1 Å². The van der Waals surface area contributed by atoms with Crippen molar-refractivity contribution in [1.82, 2.24) is 14.7 Å². The first-order chi connectivity index (χ1) is 11.0. The molecule has 0 radical (unpaired) electrons. The second kappa shape index (κ2) is 8.32. The Morgan fingerprint density at radius 3 is 2.58 bits per heavy atom. The highest BCUT2D eigenvalue weighted by Crippen LogP contribution is 2.28. The van der Waals surface area contributed by atoms with E-state index >= 15 is 0 Å². The van der Waals surface area contributed by atoms with Crippen molar-refractivity contribution in [2.24, 2.45) is 10.6 Å². The lowest BCUT2D eigenvalue weighted by Crippen LogP contribution is -2.44. The van der Waals surface area contributed by atoms with Crippen molar-refractivity contribution in [3.05, 3.63) is 30.4 Å². The fourth-order valence-electron chi connectivity index (χ4n) is 1.90. The highest BCUT2D eigenvalue weighted by molar-refractivity contribution is 7.87.